The van der Waals surface area contributed by atoms with Gasteiger partial charge in [0, 0.05) is 43.5 Å². The fraction of sp³-hybridized carbons (Fsp3) is 0.227. The van der Waals surface area contributed by atoms with E-state index in [0.29, 0.717) is 30.6 Å². The van der Waals surface area contributed by atoms with Gasteiger partial charge >= 0.3 is 0 Å². The van der Waals surface area contributed by atoms with Crippen LogP contribution in [-0.4, -0.2) is 43.6 Å². The van der Waals surface area contributed by atoms with E-state index in [1.807, 2.05) is 47.0 Å². The third kappa shape index (κ3) is 3.08. The number of aromatic nitrogens is 4. The molecule has 6 nitrogen and oxygen atoms in total. The number of nitrogens with one attached hydrogen (secondary N) is 1. The summed E-state index contributed by atoms with van der Waals surface area (Å²) < 4.78 is 15.7. The number of aryl methyl sites for hydroxylation is 1. The number of halogens is 1. The molecule has 1 fully saturated rings. The van der Waals surface area contributed by atoms with E-state index in [2.05, 4.69) is 10.2 Å². The number of likely N-dealkylation sites (tertiary alicyclic amines) is 1. The summed E-state index contributed by atoms with van der Waals surface area (Å²) in [4.78, 5) is 19.5. The van der Waals surface area contributed by atoms with Gasteiger partial charge in [-0.1, -0.05) is 18.2 Å². The van der Waals surface area contributed by atoms with Gasteiger partial charge in [-0.15, -0.1) is 0 Å². The normalized spacial score (nSPS) is 14.3. The molecule has 146 valence electrons. The molecule has 3 aromatic heterocycles. The predicted octanol–water partition coefficient (Wildman–Crippen LogP) is 3.42. The predicted molar refractivity (Wildman–Crippen MR) is 108 cm³/mol. The van der Waals surface area contributed by atoms with Gasteiger partial charge in [0.1, 0.15) is 11.5 Å². The number of rotatable bonds is 4. The lowest BCUT2D eigenvalue weighted by Crippen LogP contribution is -2.50. The first kappa shape index (κ1) is 17.6. The van der Waals surface area contributed by atoms with Crippen LogP contribution in [0.2, 0.25) is 0 Å². The first-order chi connectivity index (χ1) is 14.1. The van der Waals surface area contributed by atoms with E-state index in [4.69, 9.17) is 4.98 Å². The summed E-state index contributed by atoms with van der Waals surface area (Å²) in [5.41, 5.74) is 3.83. The maximum Gasteiger partial charge on any atom is 0.256 e. The van der Waals surface area contributed by atoms with Crippen molar-refractivity contribution in [3.05, 3.63) is 71.9 Å². The molecule has 1 amide bonds. The number of hydrogen-bond acceptors (Lipinski definition) is 3. The number of amides is 1. The second-order valence-electron chi connectivity index (χ2n) is 7.58. The molecule has 1 saturated heterocycles. The first-order valence-corrected chi connectivity index (χ1v) is 9.58. The zero-order valence-electron chi connectivity index (χ0n) is 16.0. The van der Waals surface area contributed by atoms with Crippen molar-refractivity contribution in [1.82, 2.24) is 24.6 Å². The third-order valence-electron chi connectivity index (χ3n) is 5.56. The van der Waals surface area contributed by atoms with Crippen LogP contribution in [0.1, 0.15) is 15.9 Å². The summed E-state index contributed by atoms with van der Waals surface area (Å²) >= 11 is 0. The Kier molecular flexibility index (Phi) is 4.16. The quantitative estimate of drug-likeness (QED) is 0.582. The molecule has 29 heavy (non-hydrogen) atoms. The molecule has 4 heterocycles. The van der Waals surface area contributed by atoms with Gasteiger partial charge < -0.3 is 9.47 Å². The largest absolute Gasteiger partial charge is 0.338 e. The SMILES string of the molecule is Cn1cc(C(=O)N2CC(Cc3ccccc3F)C2)c2ccc(-c3cn[nH]c3)nc21. The van der Waals surface area contributed by atoms with Crippen LogP contribution < -0.4 is 0 Å². The fourth-order valence-corrected chi connectivity index (χ4v) is 3.98. The number of H-pyrrole nitrogens is 1. The highest BCUT2D eigenvalue weighted by Gasteiger charge is 2.33. The first-order valence-electron chi connectivity index (χ1n) is 9.58. The van der Waals surface area contributed by atoms with Crippen LogP contribution in [0, 0.1) is 11.7 Å². The standard InChI is InChI=1S/C22H20FN5O/c1-27-13-18(17-6-7-20(26-21(17)27)16-9-24-25-10-16)22(29)28-11-14(12-28)8-15-4-2-3-5-19(15)23/h2-7,9-10,13-14H,8,11-12H2,1H3,(H,24,25). The molecule has 4 aromatic rings. The van der Waals surface area contributed by atoms with Gasteiger partial charge in [0.05, 0.1) is 17.5 Å². The zero-order valence-corrected chi connectivity index (χ0v) is 16.0. The Balaban J connectivity index is 1.34. The lowest BCUT2D eigenvalue weighted by Gasteiger charge is -2.39. The van der Waals surface area contributed by atoms with Crippen LogP contribution in [0.5, 0.6) is 0 Å². The van der Waals surface area contributed by atoms with Crippen LogP contribution in [0.3, 0.4) is 0 Å². The van der Waals surface area contributed by atoms with Gasteiger partial charge in [-0.2, -0.15) is 5.10 Å². The zero-order chi connectivity index (χ0) is 20.0. The summed E-state index contributed by atoms with van der Waals surface area (Å²) in [6, 6.07) is 10.7. The van der Waals surface area contributed by atoms with Crippen molar-refractivity contribution in [2.45, 2.75) is 6.42 Å². The van der Waals surface area contributed by atoms with E-state index in [-0.39, 0.29) is 17.6 Å². The van der Waals surface area contributed by atoms with Crippen LogP contribution in [0.25, 0.3) is 22.3 Å². The maximum atomic E-state index is 13.8. The fourth-order valence-electron chi connectivity index (χ4n) is 3.98. The van der Waals surface area contributed by atoms with Crippen molar-refractivity contribution in [3.63, 3.8) is 0 Å². The van der Waals surface area contributed by atoms with Crippen molar-refractivity contribution in [2.75, 3.05) is 13.1 Å². The molecule has 0 atom stereocenters. The van der Waals surface area contributed by atoms with Crippen molar-refractivity contribution in [2.24, 2.45) is 13.0 Å². The molecule has 5 rings (SSSR count). The number of nitrogens with zero attached hydrogens (tertiary/aromatic N) is 4. The Morgan fingerprint density at radius 2 is 2.07 bits per heavy atom. The molecule has 1 aromatic carbocycles. The molecule has 7 heteroatoms. The number of hydrogen-bond donors (Lipinski definition) is 1. The summed E-state index contributed by atoms with van der Waals surface area (Å²) in [5.74, 6) is 0.112. The van der Waals surface area contributed by atoms with Gasteiger partial charge in [0.25, 0.3) is 5.91 Å². The van der Waals surface area contributed by atoms with Crippen LogP contribution in [0.4, 0.5) is 4.39 Å². The van der Waals surface area contributed by atoms with Gasteiger partial charge in [0.15, 0.2) is 0 Å². The summed E-state index contributed by atoms with van der Waals surface area (Å²) in [6.07, 6.45) is 6.00. The Morgan fingerprint density at radius 3 is 2.83 bits per heavy atom. The number of carbonyl (C=O) groups excluding carboxylic acids is 1. The molecule has 0 bridgehead atoms. The minimum absolute atomic E-state index is 0.00163. The molecule has 0 saturated carbocycles. The van der Waals surface area contributed by atoms with Gasteiger partial charge in [0.2, 0.25) is 0 Å². The highest BCUT2D eigenvalue weighted by molar-refractivity contribution is 6.06. The van der Waals surface area contributed by atoms with Gasteiger partial charge in [-0.25, -0.2) is 9.37 Å². The highest BCUT2D eigenvalue weighted by Crippen LogP contribution is 2.28. The molecule has 0 unspecified atom stereocenters. The molecular weight excluding hydrogens is 369 g/mol. The monoisotopic (exact) mass is 389 g/mol. The van der Waals surface area contributed by atoms with E-state index in [1.165, 1.54) is 6.07 Å². The van der Waals surface area contributed by atoms with Gasteiger partial charge in [-0.3, -0.25) is 9.89 Å². The minimum Gasteiger partial charge on any atom is -0.338 e. The van der Waals surface area contributed by atoms with Crippen molar-refractivity contribution in [1.29, 1.82) is 0 Å². The molecule has 1 N–H and O–H groups in total. The van der Waals surface area contributed by atoms with Gasteiger partial charge in [-0.05, 0) is 36.1 Å². The molecule has 0 aliphatic carbocycles. The van der Waals surface area contributed by atoms with Crippen molar-refractivity contribution >= 4 is 16.9 Å². The average Bonchev–Trinajstić information content (AvgIpc) is 3.33. The summed E-state index contributed by atoms with van der Waals surface area (Å²) in [6.45, 7) is 1.29. The Hall–Kier alpha value is -3.48. The summed E-state index contributed by atoms with van der Waals surface area (Å²) in [7, 11) is 1.89. The second kappa shape index (κ2) is 6.84. The van der Waals surface area contributed by atoms with Crippen LogP contribution in [-0.2, 0) is 13.5 Å². The van der Waals surface area contributed by atoms with E-state index in [0.717, 1.165) is 22.3 Å². The summed E-state index contributed by atoms with van der Waals surface area (Å²) in [5, 5.41) is 7.59. The number of carbonyl (C=O) groups is 1. The number of pyridine rings is 1. The van der Waals surface area contributed by atoms with Crippen LogP contribution >= 0.6 is 0 Å². The molecule has 1 aliphatic rings. The van der Waals surface area contributed by atoms with E-state index in [9.17, 15) is 9.18 Å². The van der Waals surface area contributed by atoms with Crippen molar-refractivity contribution < 1.29 is 9.18 Å². The average molecular weight is 389 g/mol. The molecule has 1 aliphatic heterocycles. The van der Waals surface area contributed by atoms with Crippen molar-refractivity contribution in [3.8, 4) is 11.3 Å². The smallest absolute Gasteiger partial charge is 0.256 e. The Morgan fingerprint density at radius 1 is 1.24 bits per heavy atom. The second-order valence-corrected chi connectivity index (χ2v) is 7.58. The third-order valence-corrected chi connectivity index (χ3v) is 5.56. The lowest BCUT2D eigenvalue weighted by atomic mass is 9.91. The molecule has 0 spiro atoms. The van der Waals surface area contributed by atoms with E-state index < -0.39 is 0 Å². The van der Waals surface area contributed by atoms with E-state index in [1.54, 1.807) is 18.5 Å². The number of fused-ring (bicyclic) bond motifs is 1. The number of benzene rings is 1. The molecular formula is C22H20FN5O. The lowest BCUT2D eigenvalue weighted by molar-refractivity contribution is 0.0502. The Bertz CT molecular complexity index is 1190. The topological polar surface area (TPSA) is 66.8 Å². The number of aromatic amines is 1. The minimum atomic E-state index is -0.175. The highest BCUT2D eigenvalue weighted by atomic mass is 19.1. The van der Waals surface area contributed by atoms with E-state index >= 15 is 0 Å². The van der Waals surface area contributed by atoms with Crippen LogP contribution in [0.15, 0.2) is 55.0 Å². The Labute approximate surface area is 167 Å². The molecule has 0 radical (unpaired) electrons. The maximum absolute atomic E-state index is 13.8.